The normalized spacial score (nSPS) is 11.0. The summed E-state index contributed by atoms with van der Waals surface area (Å²) in [5.74, 6) is -1.06. The molecule has 7 heteroatoms. The van der Waals surface area contributed by atoms with Crippen molar-refractivity contribution >= 4 is 34.2 Å². The van der Waals surface area contributed by atoms with E-state index in [0.29, 0.717) is 10.8 Å². The lowest BCUT2D eigenvalue weighted by Crippen LogP contribution is -2.33. The predicted molar refractivity (Wildman–Crippen MR) is 83.9 cm³/mol. The summed E-state index contributed by atoms with van der Waals surface area (Å²) in [7, 11) is 0. The molecule has 1 aromatic heterocycles. The van der Waals surface area contributed by atoms with Gasteiger partial charge in [-0.15, -0.1) is 11.3 Å². The Labute approximate surface area is 132 Å². The number of ether oxygens (including phenoxy) is 1. The lowest BCUT2D eigenvalue weighted by Gasteiger charge is -2.26. The standard InChI is InChI=1S/C15H16N2O4S/c1-15(2,3)21-14(20)17(13-16-7-8-22-13)11-6-4-5-10(9-11)12(18)19/h4-9H,1-3H3,(H,18,19). The topological polar surface area (TPSA) is 79.7 Å². The second kappa shape index (κ2) is 6.15. The SMILES string of the molecule is CC(C)(C)OC(=O)N(c1cccc(C(=O)O)c1)c1nccs1. The van der Waals surface area contributed by atoms with E-state index in [0.717, 1.165) is 0 Å². The molecule has 0 saturated heterocycles. The fraction of sp³-hybridized carbons (Fsp3) is 0.267. The van der Waals surface area contributed by atoms with E-state index in [4.69, 9.17) is 9.84 Å². The number of rotatable bonds is 3. The highest BCUT2D eigenvalue weighted by Gasteiger charge is 2.27. The van der Waals surface area contributed by atoms with E-state index in [9.17, 15) is 9.59 Å². The van der Waals surface area contributed by atoms with Crippen molar-refractivity contribution in [2.75, 3.05) is 4.90 Å². The number of carbonyl (C=O) groups is 2. The van der Waals surface area contributed by atoms with Gasteiger partial charge >= 0.3 is 12.1 Å². The van der Waals surface area contributed by atoms with Gasteiger partial charge in [0.15, 0.2) is 5.13 Å². The summed E-state index contributed by atoms with van der Waals surface area (Å²) < 4.78 is 5.38. The van der Waals surface area contributed by atoms with Gasteiger partial charge in [0.05, 0.1) is 11.3 Å². The monoisotopic (exact) mass is 320 g/mol. The van der Waals surface area contributed by atoms with Crippen LogP contribution in [0.2, 0.25) is 0 Å². The maximum Gasteiger partial charge on any atom is 0.421 e. The number of benzene rings is 1. The third-order valence-corrected chi connectivity index (χ3v) is 3.29. The van der Waals surface area contributed by atoms with Crippen LogP contribution >= 0.6 is 11.3 Å². The third kappa shape index (κ3) is 3.82. The number of carboxylic acids is 1. The van der Waals surface area contributed by atoms with Crippen molar-refractivity contribution in [1.82, 2.24) is 4.98 Å². The molecule has 1 N–H and O–H groups in total. The highest BCUT2D eigenvalue weighted by atomic mass is 32.1. The number of nitrogens with zero attached hydrogens (tertiary/aromatic N) is 2. The number of hydrogen-bond donors (Lipinski definition) is 1. The molecule has 1 heterocycles. The Bertz CT molecular complexity index is 677. The largest absolute Gasteiger partial charge is 0.478 e. The smallest absolute Gasteiger partial charge is 0.421 e. The van der Waals surface area contributed by atoms with E-state index in [1.54, 1.807) is 44.5 Å². The van der Waals surface area contributed by atoms with Gasteiger partial charge in [-0.25, -0.2) is 19.5 Å². The van der Waals surface area contributed by atoms with E-state index < -0.39 is 17.7 Å². The van der Waals surface area contributed by atoms with Crippen LogP contribution < -0.4 is 4.90 Å². The molecule has 116 valence electrons. The van der Waals surface area contributed by atoms with Crippen molar-refractivity contribution < 1.29 is 19.4 Å². The third-order valence-electron chi connectivity index (χ3n) is 2.54. The Morgan fingerprint density at radius 3 is 2.59 bits per heavy atom. The molecule has 2 aromatic rings. The molecule has 2 rings (SSSR count). The van der Waals surface area contributed by atoms with Gasteiger partial charge in [-0.05, 0) is 39.0 Å². The summed E-state index contributed by atoms with van der Waals surface area (Å²) in [6.07, 6.45) is 0.961. The van der Waals surface area contributed by atoms with E-state index in [2.05, 4.69) is 4.98 Å². The predicted octanol–water partition coefficient (Wildman–Crippen LogP) is 3.91. The first-order chi connectivity index (χ1) is 10.3. The highest BCUT2D eigenvalue weighted by molar-refractivity contribution is 7.13. The van der Waals surface area contributed by atoms with Crippen LogP contribution in [0.5, 0.6) is 0 Å². The second-order valence-corrected chi connectivity index (χ2v) is 6.36. The molecule has 0 saturated carbocycles. The number of carboxylic acid groups (broad SMARTS) is 1. The maximum absolute atomic E-state index is 12.5. The molecule has 6 nitrogen and oxygen atoms in total. The summed E-state index contributed by atoms with van der Waals surface area (Å²) in [4.78, 5) is 29.0. The van der Waals surface area contributed by atoms with Gasteiger partial charge in [0.1, 0.15) is 5.60 Å². The number of thiazole rings is 1. The highest BCUT2D eigenvalue weighted by Crippen LogP contribution is 2.29. The quantitative estimate of drug-likeness (QED) is 0.927. The van der Waals surface area contributed by atoms with Crippen LogP contribution in [0.25, 0.3) is 0 Å². The van der Waals surface area contributed by atoms with Crippen molar-refractivity contribution in [3.8, 4) is 0 Å². The Morgan fingerprint density at radius 2 is 2.05 bits per heavy atom. The molecular formula is C15H16N2O4S. The average Bonchev–Trinajstić information content (AvgIpc) is 2.91. The summed E-state index contributed by atoms with van der Waals surface area (Å²) in [5.41, 5.74) is -0.191. The molecule has 0 radical (unpaired) electrons. The molecule has 0 spiro atoms. The Morgan fingerprint density at radius 1 is 1.32 bits per heavy atom. The number of aromatic nitrogens is 1. The molecule has 0 aliphatic heterocycles. The minimum Gasteiger partial charge on any atom is -0.478 e. The number of amides is 1. The van der Waals surface area contributed by atoms with E-state index in [1.807, 2.05) is 0 Å². The van der Waals surface area contributed by atoms with Crippen molar-refractivity contribution in [1.29, 1.82) is 0 Å². The Hall–Kier alpha value is -2.41. The molecule has 0 bridgehead atoms. The van der Waals surface area contributed by atoms with E-state index in [1.165, 1.54) is 28.4 Å². The second-order valence-electron chi connectivity index (χ2n) is 5.49. The lowest BCUT2D eigenvalue weighted by atomic mass is 10.2. The minimum atomic E-state index is -1.06. The van der Waals surface area contributed by atoms with Gasteiger partial charge in [-0.1, -0.05) is 6.07 Å². The number of aromatic carboxylic acids is 1. The molecular weight excluding hydrogens is 304 g/mol. The van der Waals surface area contributed by atoms with Gasteiger partial charge in [-0.2, -0.15) is 0 Å². The maximum atomic E-state index is 12.5. The van der Waals surface area contributed by atoms with Gasteiger partial charge in [0, 0.05) is 11.6 Å². The molecule has 0 atom stereocenters. The zero-order chi connectivity index (χ0) is 16.3. The fourth-order valence-corrected chi connectivity index (χ4v) is 2.36. The first kappa shape index (κ1) is 16.0. The number of hydrogen-bond acceptors (Lipinski definition) is 5. The summed E-state index contributed by atoms with van der Waals surface area (Å²) in [6.45, 7) is 5.29. The first-order valence-electron chi connectivity index (χ1n) is 6.54. The lowest BCUT2D eigenvalue weighted by molar-refractivity contribution is 0.0597. The van der Waals surface area contributed by atoms with Crippen LogP contribution in [0, 0.1) is 0 Å². The molecule has 0 aliphatic rings. The van der Waals surface area contributed by atoms with Crippen molar-refractivity contribution in [2.45, 2.75) is 26.4 Å². The zero-order valence-electron chi connectivity index (χ0n) is 12.4. The van der Waals surface area contributed by atoms with Crippen molar-refractivity contribution in [3.05, 3.63) is 41.4 Å². The van der Waals surface area contributed by atoms with Gasteiger partial charge in [-0.3, -0.25) is 0 Å². The van der Waals surface area contributed by atoms with E-state index >= 15 is 0 Å². The van der Waals surface area contributed by atoms with E-state index in [-0.39, 0.29) is 5.56 Å². The molecule has 0 fully saturated rings. The number of anilines is 2. The number of carbonyl (C=O) groups excluding carboxylic acids is 1. The minimum absolute atomic E-state index is 0.0858. The molecule has 22 heavy (non-hydrogen) atoms. The molecule has 1 aromatic carbocycles. The molecule has 0 unspecified atom stereocenters. The van der Waals surface area contributed by atoms with Crippen LogP contribution in [-0.4, -0.2) is 27.8 Å². The zero-order valence-corrected chi connectivity index (χ0v) is 13.3. The Kier molecular flexibility index (Phi) is 4.46. The summed E-state index contributed by atoms with van der Waals surface area (Å²) in [5, 5.41) is 11.2. The summed E-state index contributed by atoms with van der Waals surface area (Å²) >= 11 is 1.26. The van der Waals surface area contributed by atoms with Gasteiger partial charge in [0.25, 0.3) is 0 Å². The van der Waals surface area contributed by atoms with Crippen LogP contribution in [-0.2, 0) is 4.74 Å². The fourth-order valence-electron chi connectivity index (χ4n) is 1.71. The Balaban J connectivity index is 2.43. The average molecular weight is 320 g/mol. The van der Waals surface area contributed by atoms with Gasteiger partial charge < -0.3 is 9.84 Å². The first-order valence-corrected chi connectivity index (χ1v) is 7.42. The van der Waals surface area contributed by atoms with Crippen molar-refractivity contribution in [3.63, 3.8) is 0 Å². The molecule has 0 aliphatic carbocycles. The van der Waals surface area contributed by atoms with Crippen LogP contribution in [0.15, 0.2) is 35.8 Å². The van der Waals surface area contributed by atoms with Crippen LogP contribution in [0.3, 0.4) is 0 Å². The summed E-state index contributed by atoms with van der Waals surface area (Å²) in [6, 6.07) is 6.08. The van der Waals surface area contributed by atoms with Crippen LogP contribution in [0.1, 0.15) is 31.1 Å². The van der Waals surface area contributed by atoms with Crippen molar-refractivity contribution in [2.24, 2.45) is 0 Å². The van der Waals surface area contributed by atoms with Crippen LogP contribution in [0.4, 0.5) is 15.6 Å². The molecule has 1 amide bonds. The van der Waals surface area contributed by atoms with Gasteiger partial charge in [0.2, 0.25) is 0 Å².